The average Bonchev–Trinajstić information content (AvgIpc) is 2.83. The maximum absolute atomic E-state index is 12.0. The van der Waals surface area contributed by atoms with Gasteiger partial charge in [0, 0.05) is 23.2 Å². The van der Waals surface area contributed by atoms with Crippen LogP contribution in [0, 0.1) is 10.1 Å². The van der Waals surface area contributed by atoms with Gasteiger partial charge in [-0.1, -0.05) is 35.9 Å². The fourth-order valence-corrected chi connectivity index (χ4v) is 3.51. The SMILES string of the molecule is COc1cc(/C=N\NC(=O)/C=C/c2cccc([N+](=O)[O-])c2)cc(Br)c1OCc1ccc(Cl)cc1. The number of carbonyl (C=O) groups excluding carboxylic acids is 1. The molecule has 0 saturated heterocycles. The molecular formula is C24H19BrClN3O5. The van der Waals surface area contributed by atoms with E-state index in [9.17, 15) is 14.9 Å². The Morgan fingerprint density at radius 2 is 1.94 bits per heavy atom. The molecule has 0 bridgehead atoms. The van der Waals surface area contributed by atoms with Crippen LogP contribution in [-0.2, 0) is 11.4 Å². The predicted octanol–water partition coefficient (Wildman–Crippen LogP) is 5.76. The number of halogens is 2. The van der Waals surface area contributed by atoms with E-state index >= 15 is 0 Å². The van der Waals surface area contributed by atoms with Crippen LogP contribution in [0.2, 0.25) is 5.02 Å². The Kier molecular flexibility index (Phi) is 8.78. The van der Waals surface area contributed by atoms with Crippen LogP contribution in [0.15, 0.2) is 76.3 Å². The molecule has 3 aromatic carbocycles. The lowest BCUT2D eigenvalue weighted by Gasteiger charge is -2.13. The highest BCUT2D eigenvalue weighted by Gasteiger charge is 2.12. The minimum atomic E-state index is -0.498. The quantitative estimate of drug-likeness (QED) is 0.160. The molecule has 0 aliphatic carbocycles. The summed E-state index contributed by atoms with van der Waals surface area (Å²) in [6.45, 7) is 0.326. The van der Waals surface area contributed by atoms with E-state index in [1.165, 1.54) is 37.6 Å². The first-order valence-corrected chi connectivity index (χ1v) is 11.0. The Labute approximate surface area is 209 Å². The third-order valence-electron chi connectivity index (χ3n) is 4.44. The maximum Gasteiger partial charge on any atom is 0.270 e. The van der Waals surface area contributed by atoms with Crippen LogP contribution in [0.1, 0.15) is 16.7 Å². The number of nitro benzene ring substituents is 1. The molecule has 0 radical (unpaired) electrons. The molecule has 0 aliphatic rings. The zero-order valence-corrected chi connectivity index (χ0v) is 20.2. The monoisotopic (exact) mass is 543 g/mol. The van der Waals surface area contributed by atoms with E-state index in [0.717, 1.165) is 5.56 Å². The van der Waals surface area contributed by atoms with Gasteiger partial charge in [-0.05, 0) is 63.0 Å². The topological polar surface area (TPSA) is 103 Å². The lowest BCUT2D eigenvalue weighted by atomic mass is 10.2. The van der Waals surface area contributed by atoms with Gasteiger partial charge in [0.05, 0.1) is 22.7 Å². The molecule has 10 heteroatoms. The second-order valence-corrected chi connectivity index (χ2v) is 8.16. The highest BCUT2D eigenvalue weighted by molar-refractivity contribution is 9.10. The fraction of sp³-hybridized carbons (Fsp3) is 0.0833. The summed E-state index contributed by atoms with van der Waals surface area (Å²) >= 11 is 9.39. The Hall–Kier alpha value is -3.69. The van der Waals surface area contributed by atoms with Crippen LogP contribution in [0.4, 0.5) is 5.69 Å². The number of nitrogens with one attached hydrogen (secondary N) is 1. The first-order valence-electron chi connectivity index (χ1n) is 9.86. The molecule has 0 atom stereocenters. The van der Waals surface area contributed by atoms with Crippen molar-refractivity contribution >= 4 is 51.4 Å². The predicted molar refractivity (Wildman–Crippen MR) is 134 cm³/mol. The summed E-state index contributed by atoms with van der Waals surface area (Å²) in [6, 6.07) is 16.8. The molecule has 3 aromatic rings. The number of benzene rings is 3. The summed E-state index contributed by atoms with van der Waals surface area (Å²) in [4.78, 5) is 22.3. The average molecular weight is 545 g/mol. The van der Waals surface area contributed by atoms with Gasteiger partial charge in [-0.3, -0.25) is 14.9 Å². The van der Waals surface area contributed by atoms with Gasteiger partial charge in [0.25, 0.3) is 11.6 Å². The van der Waals surface area contributed by atoms with Crippen LogP contribution in [0.5, 0.6) is 11.5 Å². The van der Waals surface area contributed by atoms with Gasteiger partial charge in [-0.25, -0.2) is 5.43 Å². The summed E-state index contributed by atoms with van der Waals surface area (Å²) in [7, 11) is 1.53. The van der Waals surface area contributed by atoms with Crippen molar-refractivity contribution in [2.24, 2.45) is 5.10 Å². The molecule has 0 unspecified atom stereocenters. The van der Waals surface area contributed by atoms with E-state index in [0.29, 0.717) is 38.7 Å². The second-order valence-electron chi connectivity index (χ2n) is 6.87. The van der Waals surface area contributed by atoms with Gasteiger partial charge in [0.15, 0.2) is 11.5 Å². The molecule has 3 rings (SSSR count). The third-order valence-corrected chi connectivity index (χ3v) is 5.29. The van der Waals surface area contributed by atoms with Crippen LogP contribution >= 0.6 is 27.5 Å². The zero-order valence-electron chi connectivity index (χ0n) is 17.9. The summed E-state index contributed by atoms with van der Waals surface area (Å²) in [5.41, 5.74) is 4.45. The van der Waals surface area contributed by atoms with Crippen LogP contribution < -0.4 is 14.9 Å². The number of hydrogen-bond donors (Lipinski definition) is 1. The molecule has 0 heterocycles. The minimum Gasteiger partial charge on any atom is -0.493 e. The summed E-state index contributed by atoms with van der Waals surface area (Å²) < 4.78 is 12.0. The lowest BCUT2D eigenvalue weighted by molar-refractivity contribution is -0.384. The molecule has 0 fully saturated rings. The first-order chi connectivity index (χ1) is 16.4. The van der Waals surface area contributed by atoms with Gasteiger partial charge in [0.1, 0.15) is 6.61 Å². The van der Waals surface area contributed by atoms with Gasteiger partial charge in [-0.2, -0.15) is 5.10 Å². The van der Waals surface area contributed by atoms with Crippen molar-refractivity contribution in [3.63, 3.8) is 0 Å². The number of non-ortho nitro benzene ring substituents is 1. The number of rotatable bonds is 9. The largest absolute Gasteiger partial charge is 0.493 e. The summed E-state index contributed by atoms with van der Waals surface area (Å²) in [5, 5.41) is 15.4. The normalized spacial score (nSPS) is 11.0. The lowest BCUT2D eigenvalue weighted by Crippen LogP contribution is -2.14. The number of hydrazone groups is 1. The molecular weight excluding hydrogens is 526 g/mol. The third kappa shape index (κ3) is 7.16. The van der Waals surface area contributed by atoms with Crippen molar-refractivity contribution in [1.29, 1.82) is 0 Å². The molecule has 0 saturated carbocycles. The highest BCUT2D eigenvalue weighted by atomic mass is 79.9. The van der Waals surface area contributed by atoms with Crippen LogP contribution in [0.25, 0.3) is 6.08 Å². The number of nitro groups is 1. The molecule has 174 valence electrons. The van der Waals surface area contributed by atoms with E-state index in [2.05, 4.69) is 26.5 Å². The first kappa shape index (κ1) is 24.9. The Balaban J connectivity index is 1.62. The number of amides is 1. The van der Waals surface area contributed by atoms with Crippen molar-refractivity contribution < 1.29 is 19.2 Å². The van der Waals surface area contributed by atoms with Gasteiger partial charge in [0.2, 0.25) is 0 Å². The number of ether oxygens (including phenoxy) is 2. The Bertz CT molecular complexity index is 1250. The zero-order chi connectivity index (χ0) is 24.5. The molecule has 0 aromatic heterocycles. The van der Waals surface area contributed by atoms with E-state index < -0.39 is 10.8 Å². The number of hydrogen-bond acceptors (Lipinski definition) is 6. The van der Waals surface area contributed by atoms with Crippen molar-refractivity contribution in [2.45, 2.75) is 6.61 Å². The molecule has 0 aliphatic heterocycles. The van der Waals surface area contributed by atoms with Crippen molar-refractivity contribution in [3.8, 4) is 11.5 Å². The van der Waals surface area contributed by atoms with Crippen molar-refractivity contribution in [2.75, 3.05) is 7.11 Å². The smallest absolute Gasteiger partial charge is 0.270 e. The standard InChI is InChI=1S/C24H19BrClN3O5/c1-33-22-13-18(12-21(25)24(22)34-15-17-5-8-19(26)9-6-17)14-27-28-23(30)10-7-16-3-2-4-20(11-16)29(31)32/h2-14H,15H2,1H3,(H,28,30)/b10-7+,27-14-. The molecule has 0 spiro atoms. The Morgan fingerprint density at radius 3 is 2.65 bits per heavy atom. The van der Waals surface area contributed by atoms with Crippen LogP contribution in [-0.4, -0.2) is 24.2 Å². The highest BCUT2D eigenvalue weighted by Crippen LogP contribution is 2.37. The molecule has 1 amide bonds. The fourth-order valence-electron chi connectivity index (χ4n) is 2.81. The van der Waals surface area contributed by atoms with Gasteiger partial charge >= 0.3 is 0 Å². The van der Waals surface area contributed by atoms with E-state index in [-0.39, 0.29) is 5.69 Å². The molecule has 8 nitrogen and oxygen atoms in total. The number of methoxy groups -OCH3 is 1. The van der Waals surface area contributed by atoms with Crippen molar-refractivity contribution in [3.05, 3.63) is 103 Å². The second kappa shape index (κ2) is 12.0. The number of nitrogens with zero attached hydrogens (tertiary/aromatic N) is 2. The van der Waals surface area contributed by atoms with E-state index in [1.807, 2.05) is 12.1 Å². The van der Waals surface area contributed by atoms with E-state index in [4.69, 9.17) is 21.1 Å². The van der Waals surface area contributed by atoms with Gasteiger partial charge < -0.3 is 9.47 Å². The maximum atomic E-state index is 12.0. The summed E-state index contributed by atoms with van der Waals surface area (Å²) in [6.07, 6.45) is 4.15. The summed E-state index contributed by atoms with van der Waals surface area (Å²) in [5.74, 6) is 0.525. The molecule has 1 N–H and O–H groups in total. The minimum absolute atomic E-state index is 0.0549. The van der Waals surface area contributed by atoms with Crippen molar-refractivity contribution in [1.82, 2.24) is 5.43 Å². The number of carbonyl (C=O) groups is 1. The van der Waals surface area contributed by atoms with E-state index in [1.54, 1.807) is 36.4 Å². The van der Waals surface area contributed by atoms with Crippen LogP contribution in [0.3, 0.4) is 0 Å². The Morgan fingerprint density at radius 1 is 1.18 bits per heavy atom. The molecule has 34 heavy (non-hydrogen) atoms. The van der Waals surface area contributed by atoms with Gasteiger partial charge in [-0.15, -0.1) is 0 Å².